The van der Waals surface area contributed by atoms with Crippen LogP contribution in [-0.2, 0) is 16.4 Å². The number of hydrogen-bond acceptors (Lipinski definition) is 2. The van der Waals surface area contributed by atoms with Gasteiger partial charge in [-0.2, -0.15) is 13.2 Å². The van der Waals surface area contributed by atoms with Gasteiger partial charge in [-0.05, 0) is 25.8 Å². The first-order chi connectivity index (χ1) is 8.12. The smallest absolute Gasteiger partial charge is 0.204 e. The molecule has 1 atom stereocenters. The molecule has 1 aromatic rings. The van der Waals surface area contributed by atoms with E-state index >= 15 is 0 Å². The van der Waals surface area contributed by atoms with Crippen LogP contribution in [0.4, 0.5) is 13.2 Å². The van der Waals surface area contributed by atoms with Crippen molar-refractivity contribution in [3.8, 4) is 0 Å². The van der Waals surface area contributed by atoms with E-state index in [1.165, 1.54) is 6.92 Å². The van der Waals surface area contributed by atoms with E-state index in [9.17, 15) is 21.6 Å². The lowest BCUT2D eigenvalue weighted by Crippen LogP contribution is -2.42. The fourth-order valence-electron chi connectivity index (χ4n) is 1.57. The van der Waals surface area contributed by atoms with Crippen LogP contribution in [0.25, 0.3) is 0 Å². The van der Waals surface area contributed by atoms with Gasteiger partial charge < -0.3 is 0 Å². The topological polar surface area (TPSA) is 46.2 Å². The summed E-state index contributed by atoms with van der Waals surface area (Å²) in [5.74, 6) is 0. The molecule has 0 saturated carbocycles. The minimum Gasteiger partial charge on any atom is -0.204 e. The van der Waals surface area contributed by atoms with Crippen LogP contribution in [0.5, 0.6) is 0 Å². The number of hydrogen-bond donors (Lipinski definition) is 1. The zero-order chi connectivity index (χ0) is 14.0. The van der Waals surface area contributed by atoms with E-state index in [1.54, 1.807) is 22.9 Å². The van der Waals surface area contributed by atoms with Crippen molar-refractivity contribution < 1.29 is 21.6 Å². The van der Waals surface area contributed by atoms with Gasteiger partial charge in [0.25, 0.3) is 0 Å². The summed E-state index contributed by atoms with van der Waals surface area (Å²) in [5, 5.41) is 0. The highest BCUT2D eigenvalue weighted by Crippen LogP contribution is 2.22. The molecule has 0 unspecified atom stereocenters. The Kier molecular flexibility index (Phi) is 4.39. The molecule has 18 heavy (non-hydrogen) atoms. The van der Waals surface area contributed by atoms with Crippen LogP contribution in [0, 0.1) is 6.92 Å². The molecular weight excluding hydrogens is 267 g/mol. The van der Waals surface area contributed by atoms with E-state index < -0.39 is 21.6 Å². The molecule has 0 aliphatic rings. The largest absolute Gasteiger partial charge is 0.511 e. The molecular formula is C11H14F3NO2S. The highest BCUT2D eigenvalue weighted by atomic mass is 32.2. The van der Waals surface area contributed by atoms with Crippen molar-refractivity contribution in [2.24, 2.45) is 0 Å². The predicted molar refractivity (Wildman–Crippen MR) is 62.5 cm³/mol. The first kappa shape index (κ1) is 15.0. The Morgan fingerprint density at radius 1 is 1.33 bits per heavy atom. The molecule has 0 spiro atoms. The van der Waals surface area contributed by atoms with Crippen molar-refractivity contribution in [2.45, 2.75) is 31.8 Å². The average molecular weight is 281 g/mol. The number of nitrogens with one attached hydrogen (secondary N) is 1. The van der Waals surface area contributed by atoms with Crippen LogP contribution in [0.3, 0.4) is 0 Å². The summed E-state index contributed by atoms with van der Waals surface area (Å²) in [5.41, 5.74) is -3.51. The Morgan fingerprint density at radius 3 is 2.44 bits per heavy atom. The minimum absolute atomic E-state index is 0.205. The van der Waals surface area contributed by atoms with Gasteiger partial charge in [-0.25, -0.2) is 13.1 Å². The zero-order valence-corrected chi connectivity index (χ0v) is 10.8. The van der Waals surface area contributed by atoms with Crippen LogP contribution >= 0.6 is 0 Å². The summed E-state index contributed by atoms with van der Waals surface area (Å²) in [4.78, 5) is 0. The maximum absolute atomic E-state index is 12.1. The quantitative estimate of drug-likeness (QED) is 0.921. The predicted octanol–water partition coefficient (Wildman–Crippen LogP) is 2.37. The maximum atomic E-state index is 12.1. The molecule has 0 amide bonds. The Balaban J connectivity index is 2.71. The minimum atomic E-state index is -5.28. The number of sulfonamides is 1. The Hall–Kier alpha value is -1.08. The van der Waals surface area contributed by atoms with Gasteiger partial charge in [0.15, 0.2) is 0 Å². The molecule has 0 saturated heterocycles. The van der Waals surface area contributed by atoms with Crippen molar-refractivity contribution in [3.05, 3.63) is 35.4 Å². The van der Waals surface area contributed by atoms with E-state index in [0.717, 1.165) is 11.1 Å². The normalized spacial score (nSPS) is 14.5. The monoisotopic (exact) mass is 281 g/mol. The van der Waals surface area contributed by atoms with E-state index in [-0.39, 0.29) is 6.42 Å². The highest BCUT2D eigenvalue weighted by Gasteiger charge is 2.46. The third kappa shape index (κ3) is 3.99. The van der Waals surface area contributed by atoms with E-state index in [4.69, 9.17) is 0 Å². The average Bonchev–Trinajstić information content (AvgIpc) is 2.14. The second-order valence-corrected chi connectivity index (χ2v) is 5.87. The SMILES string of the molecule is Cc1cccc(C[C@@H](C)NS(=O)(=O)C(F)(F)F)c1. The Bertz CT molecular complexity index is 511. The summed E-state index contributed by atoms with van der Waals surface area (Å²) < 4.78 is 59.8. The Morgan fingerprint density at radius 2 is 1.94 bits per heavy atom. The molecule has 1 aromatic carbocycles. The van der Waals surface area contributed by atoms with Gasteiger partial charge in [0, 0.05) is 6.04 Å². The summed E-state index contributed by atoms with van der Waals surface area (Å²) in [7, 11) is -5.28. The zero-order valence-electron chi connectivity index (χ0n) is 9.95. The fourth-order valence-corrected chi connectivity index (χ4v) is 2.31. The van der Waals surface area contributed by atoms with Crippen LogP contribution in [0.2, 0.25) is 0 Å². The summed E-state index contributed by atoms with van der Waals surface area (Å²) >= 11 is 0. The number of aryl methyl sites for hydroxylation is 1. The maximum Gasteiger partial charge on any atom is 0.511 e. The number of alkyl halides is 3. The van der Waals surface area contributed by atoms with Crippen molar-refractivity contribution in [1.29, 1.82) is 0 Å². The third-order valence-corrected chi connectivity index (χ3v) is 3.61. The van der Waals surface area contributed by atoms with Crippen molar-refractivity contribution in [3.63, 3.8) is 0 Å². The molecule has 3 nitrogen and oxygen atoms in total. The van der Waals surface area contributed by atoms with Gasteiger partial charge in [-0.1, -0.05) is 29.8 Å². The van der Waals surface area contributed by atoms with E-state index in [1.807, 2.05) is 13.0 Å². The molecule has 1 rings (SSSR count). The number of benzene rings is 1. The second-order valence-electron chi connectivity index (χ2n) is 4.16. The van der Waals surface area contributed by atoms with E-state index in [0.29, 0.717) is 0 Å². The fraction of sp³-hybridized carbons (Fsp3) is 0.455. The summed E-state index contributed by atoms with van der Waals surface area (Å²) in [6.07, 6.45) is 0.205. The molecule has 0 aliphatic carbocycles. The van der Waals surface area contributed by atoms with Gasteiger partial charge in [-0.3, -0.25) is 0 Å². The van der Waals surface area contributed by atoms with Crippen molar-refractivity contribution in [1.82, 2.24) is 4.72 Å². The third-order valence-electron chi connectivity index (χ3n) is 2.29. The van der Waals surface area contributed by atoms with Gasteiger partial charge in [-0.15, -0.1) is 0 Å². The molecule has 102 valence electrons. The molecule has 0 aliphatic heterocycles. The van der Waals surface area contributed by atoms with Gasteiger partial charge in [0.05, 0.1) is 0 Å². The van der Waals surface area contributed by atoms with Gasteiger partial charge in [0.2, 0.25) is 0 Å². The first-order valence-corrected chi connectivity index (χ1v) is 6.74. The van der Waals surface area contributed by atoms with Crippen LogP contribution in [-0.4, -0.2) is 20.0 Å². The molecule has 0 radical (unpaired) electrons. The summed E-state index contributed by atoms with van der Waals surface area (Å²) in [6, 6.07) is 6.35. The Labute approximate surface area is 104 Å². The van der Waals surface area contributed by atoms with Crippen molar-refractivity contribution in [2.75, 3.05) is 0 Å². The molecule has 0 bridgehead atoms. The second kappa shape index (κ2) is 5.27. The number of rotatable bonds is 4. The lowest BCUT2D eigenvalue weighted by molar-refractivity contribution is -0.0450. The van der Waals surface area contributed by atoms with Crippen molar-refractivity contribution >= 4 is 10.0 Å². The number of halogens is 3. The summed E-state index contributed by atoms with van der Waals surface area (Å²) in [6.45, 7) is 3.25. The lowest BCUT2D eigenvalue weighted by atomic mass is 10.1. The molecule has 0 heterocycles. The standard InChI is InChI=1S/C11H14F3NO2S/c1-8-4-3-5-10(6-8)7-9(2)15-18(16,17)11(12,13)14/h3-6,9,15H,7H2,1-2H3/t9-/m1/s1. The van der Waals surface area contributed by atoms with Crippen LogP contribution < -0.4 is 4.72 Å². The van der Waals surface area contributed by atoms with Gasteiger partial charge in [0.1, 0.15) is 0 Å². The first-order valence-electron chi connectivity index (χ1n) is 5.26. The molecule has 0 aromatic heterocycles. The van der Waals surface area contributed by atoms with Crippen LogP contribution in [0.15, 0.2) is 24.3 Å². The van der Waals surface area contributed by atoms with E-state index in [2.05, 4.69) is 0 Å². The van der Waals surface area contributed by atoms with Gasteiger partial charge >= 0.3 is 15.5 Å². The molecule has 7 heteroatoms. The molecule has 1 N–H and O–H groups in total. The highest BCUT2D eigenvalue weighted by molar-refractivity contribution is 7.90. The lowest BCUT2D eigenvalue weighted by Gasteiger charge is -2.15. The van der Waals surface area contributed by atoms with Crippen LogP contribution in [0.1, 0.15) is 18.1 Å². The molecule has 0 fully saturated rings.